The van der Waals surface area contributed by atoms with Gasteiger partial charge in [-0.1, -0.05) is 0 Å². The highest BCUT2D eigenvalue weighted by atomic mass is 19.3. The minimum atomic E-state index is -2.95. The van der Waals surface area contributed by atoms with Gasteiger partial charge in [-0.3, -0.25) is 0 Å². The number of halogens is 2. The second kappa shape index (κ2) is 4.05. The Morgan fingerprint density at radius 3 is 2.64 bits per heavy atom. The molecule has 1 aromatic rings. The van der Waals surface area contributed by atoms with Crippen LogP contribution in [0.25, 0.3) is 0 Å². The Hall–Kier alpha value is -1.63. The van der Waals surface area contributed by atoms with Crippen molar-refractivity contribution in [1.82, 2.24) is 4.98 Å². The maximum absolute atomic E-state index is 12.2. The van der Waals surface area contributed by atoms with E-state index >= 15 is 0 Å². The molecule has 0 fully saturated rings. The van der Waals surface area contributed by atoms with E-state index in [4.69, 9.17) is 5.11 Å². The van der Waals surface area contributed by atoms with E-state index in [1.165, 1.54) is 0 Å². The quantitative estimate of drug-likeness (QED) is 0.596. The van der Waals surface area contributed by atoms with Gasteiger partial charge in [-0.15, -0.1) is 0 Å². The Kier molecular flexibility index (Phi) is 3.03. The van der Waals surface area contributed by atoms with Crippen molar-refractivity contribution < 1.29 is 18.8 Å². The molecule has 1 aromatic heterocycles. The van der Waals surface area contributed by atoms with Crippen molar-refractivity contribution in [2.45, 2.75) is 13.0 Å². The molecule has 0 atom stereocenters. The maximum Gasteiger partial charge on any atom is 0.372 e. The van der Waals surface area contributed by atoms with Crippen molar-refractivity contribution in [3.05, 3.63) is 33.5 Å². The smallest absolute Gasteiger partial charge is 0.372 e. The molecule has 0 bridgehead atoms. The number of alkyl halides is 2. The fraction of sp³-hybridized carbons (Fsp3) is 0.286. The molecule has 1 N–H and O–H groups in total. The summed E-state index contributed by atoms with van der Waals surface area (Å²) in [6.45, 7) is -0.523. The van der Waals surface area contributed by atoms with E-state index in [0.717, 1.165) is 12.1 Å². The molecule has 0 aliphatic rings. The van der Waals surface area contributed by atoms with Gasteiger partial charge in [0.05, 0.1) is 0 Å². The summed E-state index contributed by atoms with van der Waals surface area (Å²) < 4.78 is 24.4. The van der Waals surface area contributed by atoms with Gasteiger partial charge in [0, 0.05) is 0 Å². The van der Waals surface area contributed by atoms with Crippen LogP contribution >= 0.6 is 0 Å². The average Bonchev–Trinajstić information content (AvgIpc) is 2.16. The lowest BCUT2D eigenvalue weighted by Gasteiger charge is -2.01. The summed E-state index contributed by atoms with van der Waals surface area (Å²) in [7, 11) is 0. The third-order valence-electron chi connectivity index (χ3n) is 1.53. The number of aliphatic hydroxyl groups excluding tert-OH is 1. The molecule has 0 radical (unpaired) electrons. The molecule has 0 saturated heterocycles. The van der Waals surface area contributed by atoms with Crippen LogP contribution in [0.4, 0.5) is 14.6 Å². The molecule has 0 unspecified atom stereocenters. The molecule has 7 heteroatoms. The summed E-state index contributed by atoms with van der Waals surface area (Å²) in [5.41, 5.74) is -0.756. The first-order valence-electron chi connectivity index (χ1n) is 3.59. The first kappa shape index (κ1) is 10.5. The fourth-order valence-electron chi connectivity index (χ4n) is 0.903. The van der Waals surface area contributed by atoms with Crippen molar-refractivity contribution in [2.24, 2.45) is 0 Å². The van der Waals surface area contributed by atoms with E-state index in [0.29, 0.717) is 0 Å². The largest absolute Gasteiger partial charge is 0.388 e. The molecule has 0 spiro atoms. The van der Waals surface area contributed by atoms with E-state index in [9.17, 15) is 18.9 Å². The van der Waals surface area contributed by atoms with Gasteiger partial charge in [0.2, 0.25) is 0 Å². The summed E-state index contributed by atoms with van der Waals surface area (Å²) in [5.74, 6) is -0.911. The van der Waals surface area contributed by atoms with Gasteiger partial charge in [0.15, 0.2) is 5.69 Å². The van der Waals surface area contributed by atoms with Crippen molar-refractivity contribution in [3.8, 4) is 0 Å². The lowest BCUT2D eigenvalue weighted by molar-refractivity contribution is -0.391. The van der Waals surface area contributed by atoms with Gasteiger partial charge >= 0.3 is 5.82 Å². The van der Waals surface area contributed by atoms with Crippen LogP contribution in [0.5, 0.6) is 0 Å². The summed E-state index contributed by atoms with van der Waals surface area (Å²) in [5, 5.41) is 18.9. The number of aromatic nitrogens is 1. The minimum Gasteiger partial charge on any atom is -0.388 e. The Bertz CT molecular complexity index is 357. The van der Waals surface area contributed by atoms with Crippen LogP contribution in [0.3, 0.4) is 0 Å². The predicted molar refractivity (Wildman–Crippen MR) is 41.8 cm³/mol. The standard InChI is InChI=1S/C7H6F2N2O3/c8-6(9)5-2-1-4(3-12)10-7(5)11(13)14/h1-2,6,12H,3H2. The predicted octanol–water partition coefficient (Wildman–Crippen LogP) is 1.42. The van der Waals surface area contributed by atoms with Crippen LogP contribution in [-0.4, -0.2) is 15.0 Å². The van der Waals surface area contributed by atoms with Crippen LogP contribution < -0.4 is 0 Å². The van der Waals surface area contributed by atoms with Gasteiger partial charge in [-0.2, -0.15) is 0 Å². The second-order valence-corrected chi connectivity index (χ2v) is 2.43. The molecule has 1 heterocycles. The zero-order valence-electron chi connectivity index (χ0n) is 6.85. The molecule has 1 rings (SSSR count). The van der Waals surface area contributed by atoms with Crippen LogP contribution in [0, 0.1) is 10.1 Å². The van der Waals surface area contributed by atoms with Gasteiger partial charge in [-0.05, 0) is 22.0 Å². The molecule has 76 valence electrons. The monoisotopic (exact) mass is 204 g/mol. The Labute approximate surface area is 77.2 Å². The topological polar surface area (TPSA) is 76.3 Å². The molecule has 0 saturated carbocycles. The van der Waals surface area contributed by atoms with Crippen molar-refractivity contribution >= 4 is 5.82 Å². The highest BCUT2D eigenvalue weighted by molar-refractivity contribution is 5.34. The zero-order valence-corrected chi connectivity index (χ0v) is 6.85. The molecule has 0 amide bonds. The Balaban J connectivity index is 3.24. The van der Waals surface area contributed by atoms with Gasteiger partial charge < -0.3 is 15.2 Å². The summed E-state index contributed by atoms with van der Waals surface area (Å²) in [6.07, 6.45) is -2.95. The number of aliphatic hydroxyl groups is 1. The number of rotatable bonds is 3. The highest BCUT2D eigenvalue weighted by Crippen LogP contribution is 2.26. The third-order valence-corrected chi connectivity index (χ3v) is 1.53. The van der Waals surface area contributed by atoms with Crippen LogP contribution in [0.15, 0.2) is 12.1 Å². The molecule has 5 nitrogen and oxygen atoms in total. The van der Waals surface area contributed by atoms with Gasteiger partial charge in [0.1, 0.15) is 12.2 Å². The van der Waals surface area contributed by atoms with E-state index in [2.05, 4.69) is 4.98 Å². The Morgan fingerprint density at radius 2 is 2.21 bits per heavy atom. The van der Waals surface area contributed by atoms with Crippen molar-refractivity contribution in [2.75, 3.05) is 0 Å². The van der Waals surface area contributed by atoms with E-state index in [1.54, 1.807) is 0 Å². The second-order valence-electron chi connectivity index (χ2n) is 2.43. The minimum absolute atomic E-state index is 0.0129. The highest BCUT2D eigenvalue weighted by Gasteiger charge is 2.23. The first-order chi connectivity index (χ1) is 6.56. The van der Waals surface area contributed by atoms with Crippen LogP contribution in [0.2, 0.25) is 0 Å². The number of hydrogen-bond donors (Lipinski definition) is 1. The van der Waals surface area contributed by atoms with Crippen molar-refractivity contribution in [3.63, 3.8) is 0 Å². The van der Waals surface area contributed by atoms with E-state index in [1.807, 2.05) is 0 Å². The first-order valence-corrected chi connectivity index (χ1v) is 3.59. The molecule has 0 aliphatic carbocycles. The van der Waals surface area contributed by atoms with E-state index < -0.39 is 29.3 Å². The normalized spacial score (nSPS) is 10.6. The van der Waals surface area contributed by atoms with Crippen LogP contribution in [0.1, 0.15) is 17.7 Å². The zero-order chi connectivity index (χ0) is 10.7. The number of hydrogen-bond acceptors (Lipinski definition) is 4. The molecular formula is C7H6F2N2O3. The molecule has 0 aromatic carbocycles. The average molecular weight is 204 g/mol. The number of nitrogens with zero attached hydrogens (tertiary/aromatic N) is 2. The van der Waals surface area contributed by atoms with E-state index in [-0.39, 0.29) is 5.69 Å². The summed E-state index contributed by atoms with van der Waals surface area (Å²) >= 11 is 0. The molecule has 14 heavy (non-hydrogen) atoms. The SMILES string of the molecule is O=[N+]([O-])c1nc(CO)ccc1C(F)F. The number of nitro groups is 1. The van der Waals surface area contributed by atoms with Gasteiger partial charge in [-0.25, -0.2) is 8.78 Å². The maximum atomic E-state index is 12.2. The summed E-state index contributed by atoms with van der Waals surface area (Å²) in [4.78, 5) is 12.6. The van der Waals surface area contributed by atoms with Gasteiger partial charge in [0.25, 0.3) is 6.43 Å². The molecular weight excluding hydrogens is 198 g/mol. The van der Waals surface area contributed by atoms with Crippen molar-refractivity contribution in [1.29, 1.82) is 0 Å². The lowest BCUT2D eigenvalue weighted by atomic mass is 10.2. The third kappa shape index (κ3) is 1.99. The summed E-state index contributed by atoms with van der Waals surface area (Å²) in [6, 6.07) is 2.01. The fourth-order valence-corrected chi connectivity index (χ4v) is 0.903. The number of pyridine rings is 1. The Morgan fingerprint density at radius 1 is 1.57 bits per heavy atom. The lowest BCUT2D eigenvalue weighted by Crippen LogP contribution is -2.01. The molecule has 0 aliphatic heterocycles. The van der Waals surface area contributed by atoms with Crippen LogP contribution in [-0.2, 0) is 6.61 Å².